The van der Waals surface area contributed by atoms with Crippen molar-refractivity contribution in [2.24, 2.45) is 5.41 Å². The van der Waals surface area contributed by atoms with Gasteiger partial charge in [0.25, 0.3) is 0 Å². The van der Waals surface area contributed by atoms with E-state index in [-0.39, 0.29) is 5.91 Å². The van der Waals surface area contributed by atoms with Crippen molar-refractivity contribution in [3.05, 3.63) is 23.9 Å². The second kappa shape index (κ2) is 5.14. The predicted molar refractivity (Wildman–Crippen MR) is 75.4 cm³/mol. The van der Waals surface area contributed by atoms with Gasteiger partial charge in [0.2, 0.25) is 5.91 Å². The molecule has 1 atom stereocenters. The maximum absolute atomic E-state index is 12.8. The molecule has 2 fully saturated rings. The molecule has 1 aromatic rings. The molecule has 0 bridgehead atoms. The molecule has 0 aliphatic carbocycles. The van der Waals surface area contributed by atoms with Gasteiger partial charge >= 0.3 is 6.18 Å². The molecule has 3 rings (SSSR count). The minimum Gasteiger partial charge on any atom is -0.355 e. The van der Waals surface area contributed by atoms with Crippen molar-refractivity contribution in [1.29, 1.82) is 0 Å². The number of anilines is 1. The molecule has 0 saturated carbocycles. The molecule has 3 heterocycles. The van der Waals surface area contributed by atoms with Crippen molar-refractivity contribution in [2.75, 3.05) is 31.6 Å². The summed E-state index contributed by atoms with van der Waals surface area (Å²) < 4.78 is 38.3. The van der Waals surface area contributed by atoms with E-state index in [4.69, 9.17) is 0 Å². The van der Waals surface area contributed by atoms with Crippen LogP contribution in [0.1, 0.15) is 25.0 Å². The Morgan fingerprint density at radius 2 is 2.00 bits per heavy atom. The largest absolute Gasteiger partial charge is 0.433 e. The summed E-state index contributed by atoms with van der Waals surface area (Å²) >= 11 is 0. The normalized spacial score (nSPS) is 26.1. The monoisotopic (exact) mass is 313 g/mol. The second-order valence-electron chi connectivity index (χ2n) is 6.16. The van der Waals surface area contributed by atoms with Crippen LogP contribution in [0.4, 0.5) is 19.0 Å². The smallest absolute Gasteiger partial charge is 0.355 e. The Bertz CT molecular complexity index is 590. The van der Waals surface area contributed by atoms with E-state index in [9.17, 15) is 18.0 Å². The highest BCUT2D eigenvalue weighted by atomic mass is 19.4. The molecule has 120 valence electrons. The minimum atomic E-state index is -4.45. The molecule has 0 unspecified atom stereocenters. The summed E-state index contributed by atoms with van der Waals surface area (Å²) in [6.07, 6.45) is -2.04. The molecule has 2 aliphatic rings. The highest BCUT2D eigenvalue weighted by Gasteiger charge is 2.48. The summed E-state index contributed by atoms with van der Waals surface area (Å²) in [5, 5.41) is 0. The fraction of sp³-hybridized carbons (Fsp3) is 0.600. The number of piperidine rings is 1. The molecule has 4 nitrogen and oxygen atoms in total. The number of hydrogen-bond donors (Lipinski definition) is 0. The summed E-state index contributed by atoms with van der Waals surface area (Å²) in [6.45, 7) is 1.76. The van der Waals surface area contributed by atoms with Crippen LogP contribution in [0.2, 0.25) is 0 Å². The van der Waals surface area contributed by atoms with Crippen molar-refractivity contribution in [3.8, 4) is 0 Å². The first-order valence-electron chi connectivity index (χ1n) is 7.37. The molecule has 0 radical (unpaired) electrons. The van der Waals surface area contributed by atoms with Crippen LogP contribution in [0.3, 0.4) is 0 Å². The fourth-order valence-electron chi connectivity index (χ4n) is 3.47. The van der Waals surface area contributed by atoms with Crippen molar-refractivity contribution in [1.82, 2.24) is 9.88 Å². The highest BCUT2D eigenvalue weighted by molar-refractivity contribution is 5.84. The van der Waals surface area contributed by atoms with E-state index in [2.05, 4.69) is 4.98 Å². The van der Waals surface area contributed by atoms with Crippen LogP contribution in [0.25, 0.3) is 0 Å². The third-order valence-corrected chi connectivity index (χ3v) is 4.65. The Kier molecular flexibility index (Phi) is 3.53. The Balaban J connectivity index is 1.82. The SMILES string of the molecule is CN1CCC[C@@]2(CCN(c3cccc(C(F)(F)F)n3)C2)C1=O. The van der Waals surface area contributed by atoms with Gasteiger partial charge in [-0.15, -0.1) is 0 Å². The van der Waals surface area contributed by atoms with Crippen molar-refractivity contribution >= 4 is 11.7 Å². The first kappa shape index (κ1) is 15.1. The number of carbonyl (C=O) groups is 1. The lowest BCUT2D eigenvalue weighted by Crippen LogP contribution is -2.48. The number of amides is 1. The molecule has 2 saturated heterocycles. The lowest BCUT2D eigenvalue weighted by molar-refractivity contribution is -0.143. The quantitative estimate of drug-likeness (QED) is 0.799. The molecule has 0 N–H and O–H groups in total. The van der Waals surface area contributed by atoms with Gasteiger partial charge in [0.1, 0.15) is 11.5 Å². The average Bonchev–Trinajstić information content (AvgIpc) is 2.89. The number of hydrogen-bond acceptors (Lipinski definition) is 3. The Hall–Kier alpha value is -1.79. The van der Waals surface area contributed by atoms with Crippen LogP contribution in [0, 0.1) is 5.41 Å². The van der Waals surface area contributed by atoms with Crippen LogP contribution < -0.4 is 4.90 Å². The van der Waals surface area contributed by atoms with Gasteiger partial charge in [0.15, 0.2) is 0 Å². The molecule has 22 heavy (non-hydrogen) atoms. The number of carbonyl (C=O) groups excluding carboxylic acids is 1. The van der Waals surface area contributed by atoms with Gasteiger partial charge in [-0.2, -0.15) is 13.2 Å². The van der Waals surface area contributed by atoms with Crippen LogP contribution in [0.15, 0.2) is 18.2 Å². The number of rotatable bonds is 1. The third kappa shape index (κ3) is 2.53. The lowest BCUT2D eigenvalue weighted by Gasteiger charge is -2.37. The maximum Gasteiger partial charge on any atom is 0.433 e. The van der Waals surface area contributed by atoms with E-state index in [0.717, 1.165) is 25.5 Å². The molecule has 1 aromatic heterocycles. The Morgan fingerprint density at radius 3 is 2.73 bits per heavy atom. The number of alkyl halides is 3. The van der Waals surface area contributed by atoms with E-state index in [1.54, 1.807) is 22.9 Å². The topological polar surface area (TPSA) is 36.4 Å². The van der Waals surface area contributed by atoms with E-state index < -0.39 is 17.3 Å². The molecular formula is C15H18F3N3O. The molecule has 0 aromatic carbocycles. The molecular weight excluding hydrogens is 295 g/mol. The lowest BCUT2D eigenvalue weighted by atomic mass is 9.78. The summed E-state index contributed by atoms with van der Waals surface area (Å²) in [5.41, 5.74) is -1.35. The van der Waals surface area contributed by atoms with Gasteiger partial charge in [0.05, 0.1) is 5.41 Å². The van der Waals surface area contributed by atoms with Gasteiger partial charge in [-0.1, -0.05) is 6.07 Å². The van der Waals surface area contributed by atoms with E-state index in [0.29, 0.717) is 25.3 Å². The van der Waals surface area contributed by atoms with E-state index >= 15 is 0 Å². The summed E-state index contributed by atoms with van der Waals surface area (Å²) in [5.74, 6) is 0.404. The van der Waals surface area contributed by atoms with Crippen molar-refractivity contribution in [2.45, 2.75) is 25.4 Å². The minimum absolute atomic E-state index is 0.105. The van der Waals surface area contributed by atoms with Crippen molar-refractivity contribution in [3.63, 3.8) is 0 Å². The summed E-state index contributed by atoms with van der Waals surface area (Å²) in [6, 6.07) is 3.91. The first-order chi connectivity index (χ1) is 10.3. The van der Waals surface area contributed by atoms with Crippen molar-refractivity contribution < 1.29 is 18.0 Å². The summed E-state index contributed by atoms with van der Waals surface area (Å²) in [4.78, 5) is 19.7. The molecule has 1 spiro atoms. The van der Waals surface area contributed by atoms with E-state index in [1.807, 2.05) is 0 Å². The van der Waals surface area contributed by atoms with Gasteiger partial charge in [0, 0.05) is 26.7 Å². The third-order valence-electron chi connectivity index (χ3n) is 4.65. The number of halogens is 3. The van der Waals surface area contributed by atoms with Crippen LogP contribution in [-0.2, 0) is 11.0 Å². The fourth-order valence-corrected chi connectivity index (χ4v) is 3.47. The number of aromatic nitrogens is 1. The van der Waals surface area contributed by atoms with Crippen LogP contribution >= 0.6 is 0 Å². The van der Waals surface area contributed by atoms with Crippen LogP contribution in [-0.4, -0.2) is 42.5 Å². The van der Waals surface area contributed by atoms with Gasteiger partial charge < -0.3 is 9.80 Å². The zero-order chi connectivity index (χ0) is 16.0. The average molecular weight is 313 g/mol. The number of pyridine rings is 1. The zero-order valence-electron chi connectivity index (χ0n) is 12.4. The molecule has 1 amide bonds. The van der Waals surface area contributed by atoms with E-state index in [1.165, 1.54) is 6.07 Å². The number of likely N-dealkylation sites (tertiary alicyclic amines) is 1. The van der Waals surface area contributed by atoms with Gasteiger partial charge in [-0.05, 0) is 31.4 Å². The number of nitrogens with zero attached hydrogens (tertiary/aromatic N) is 3. The Morgan fingerprint density at radius 1 is 1.23 bits per heavy atom. The first-order valence-corrected chi connectivity index (χ1v) is 7.37. The molecule has 2 aliphatic heterocycles. The standard InChI is InChI=1S/C15H18F3N3O/c1-20-8-3-6-14(13(20)22)7-9-21(10-14)12-5-2-4-11(19-12)15(16,17)18/h2,4-5H,3,6-10H2,1H3/t14-/m0/s1. The Labute approximate surface area is 126 Å². The second-order valence-corrected chi connectivity index (χ2v) is 6.16. The highest BCUT2D eigenvalue weighted by Crippen LogP contribution is 2.41. The molecule has 7 heteroatoms. The predicted octanol–water partition coefficient (Wildman–Crippen LogP) is 2.55. The van der Waals surface area contributed by atoms with Gasteiger partial charge in [-0.25, -0.2) is 4.98 Å². The van der Waals surface area contributed by atoms with Gasteiger partial charge in [-0.3, -0.25) is 4.79 Å². The summed E-state index contributed by atoms with van der Waals surface area (Å²) in [7, 11) is 1.79. The zero-order valence-corrected chi connectivity index (χ0v) is 12.4. The maximum atomic E-state index is 12.8. The van der Waals surface area contributed by atoms with Crippen LogP contribution in [0.5, 0.6) is 0 Å².